The molecule has 0 unspecified atom stereocenters. The molecule has 0 amide bonds. The number of rotatable bonds is 1. The second-order valence-electron chi connectivity index (χ2n) is 2.38. The van der Waals surface area contributed by atoms with E-state index in [4.69, 9.17) is 0 Å². The quantitative estimate of drug-likeness (QED) is 0.599. The lowest BCUT2D eigenvalue weighted by atomic mass is 10.4. The minimum Gasteiger partial charge on any atom is -0.376 e. The van der Waals surface area contributed by atoms with Crippen molar-refractivity contribution in [1.82, 2.24) is 4.98 Å². The van der Waals surface area contributed by atoms with Gasteiger partial charge in [0.15, 0.2) is 0 Å². The molecule has 0 bridgehead atoms. The van der Waals surface area contributed by atoms with Gasteiger partial charge >= 0.3 is 0 Å². The van der Waals surface area contributed by atoms with E-state index in [-0.39, 0.29) is 0 Å². The van der Waals surface area contributed by atoms with Crippen molar-refractivity contribution in [3.8, 4) is 0 Å². The predicted molar refractivity (Wildman–Crippen MR) is 39.9 cm³/mol. The number of nitrogens with one attached hydrogen (secondary N) is 1. The van der Waals surface area contributed by atoms with Gasteiger partial charge in [-0.2, -0.15) is 0 Å². The van der Waals surface area contributed by atoms with Crippen LogP contribution in [-0.2, 0) is 0 Å². The lowest BCUT2D eigenvalue weighted by Gasteiger charge is -2.10. The Hall–Kier alpha value is -0.920. The lowest BCUT2D eigenvalue weighted by Crippen LogP contribution is -2.08. The Labute approximate surface area is 55.5 Å². The number of anilines is 1. The molecule has 2 heteroatoms. The average molecular weight is 124 g/mol. The third-order valence-corrected chi connectivity index (χ3v) is 1.41. The molecule has 9 heavy (non-hydrogen) atoms. The molecule has 0 saturated heterocycles. The molecule has 0 atom stereocenters. The van der Waals surface area contributed by atoms with Crippen LogP contribution >= 0.6 is 0 Å². The van der Waals surface area contributed by atoms with Gasteiger partial charge in [-0.15, -0.1) is 0 Å². The van der Waals surface area contributed by atoms with Gasteiger partial charge in [0.1, 0.15) is 0 Å². The molecule has 1 aromatic heterocycles. The fourth-order valence-corrected chi connectivity index (χ4v) is 0.929. The molecule has 0 aliphatic rings. The Morgan fingerprint density at radius 1 is 1.44 bits per heavy atom. The van der Waals surface area contributed by atoms with Crippen LogP contribution in [-0.4, -0.2) is 19.1 Å². The van der Waals surface area contributed by atoms with Crippen molar-refractivity contribution in [3.05, 3.63) is 18.0 Å². The zero-order chi connectivity index (χ0) is 6.85. The van der Waals surface area contributed by atoms with E-state index in [1.54, 1.807) is 0 Å². The van der Waals surface area contributed by atoms with Gasteiger partial charge in [-0.05, 0) is 13.0 Å². The van der Waals surface area contributed by atoms with Gasteiger partial charge < -0.3 is 9.88 Å². The highest BCUT2D eigenvalue weighted by Crippen LogP contribution is 2.13. The van der Waals surface area contributed by atoms with E-state index in [0.717, 1.165) is 0 Å². The van der Waals surface area contributed by atoms with Crippen molar-refractivity contribution < 1.29 is 0 Å². The molecule has 1 heterocycles. The van der Waals surface area contributed by atoms with E-state index in [1.165, 1.54) is 11.4 Å². The second-order valence-corrected chi connectivity index (χ2v) is 2.38. The molecule has 0 saturated carbocycles. The van der Waals surface area contributed by atoms with E-state index in [0.29, 0.717) is 0 Å². The number of hydrogen-bond acceptors (Lipinski definition) is 1. The largest absolute Gasteiger partial charge is 0.376 e. The summed E-state index contributed by atoms with van der Waals surface area (Å²) in [4.78, 5) is 5.20. The van der Waals surface area contributed by atoms with Gasteiger partial charge in [-0.25, -0.2) is 0 Å². The second kappa shape index (κ2) is 2.13. The first-order valence-corrected chi connectivity index (χ1v) is 3.03. The van der Waals surface area contributed by atoms with Crippen LogP contribution in [0.2, 0.25) is 0 Å². The maximum atomic E-state index is 3.11. The average Bonchev–Trinajstić information content (AvgIpc) is 2.13. The van der Waals surface area contributed by atoms with Gasteiger partial charge in [-0.1, -0.05) is 0 Å². The zero-order valence-corrected chi connectivity index (χ0v) is 6.10. The fraction of sp³-hybridized carbons (Fsp3) is 0.429. The van der Waals surface area contributed by atoms with E-state index >= 15 is 0 Å². The highest BCUT2D eigenvalue weighted by Gasteiger charge is 1.97. The summed E-state index contributed by atoms with van der Waals surface area (Å²) in [6, 6.07) is 2.06. The third-order valence-electron chi connectivity index (χ3n) is 1.41. The van der Waals surface area contributed by atoms with Crippen molar-refractivity contribution in [2.45, 2.75) is 6.92 Å². The number of aromatic amines is 1. The maximum absolute atomic E-state index is 3.11. The van der Waals surface area contributed by atoms with Crippen LogP contribution in [0.3, 0.4) is 0 Å². The smallest absolute Gasteiger partial charge is 0.0568 e. The van der Waals surface area contributed by atoms with Crippen LogP contribution in [0.25, 0.3) is 0 Å². The first-order chi connectivity index (χ1) is 4.22. The molecule has 50 valence electrons. The van der Waals surface area contributed by atoms with Crippen molar-refractivity contribution in [1.29, 1.82) is 0 Å². The van der Waals surface area contributed by atoms with Crippen LogP contribution < -0.4 is 4.90 Å². The summed E-state index contributed by atoms with van der Waals surface area (Å²) in [7, 11) is 4.08. The van der Waals surface area contributed by atoms with Gasteiger partial charge in [0.2, 0.25) is 0 Å². The lowest BCUT2D eigenvalue weighted by molar-refractivity contribution is 1.11. The summed E-state index contributed by atoms with van der Waals surface area (Å²) in [6.45, 7) is 2.06. The first-order valence-electron chi connectivity index (χ1n) is 3.03. The van der Waals surface area contributed by atoms with Gasteiger partial charge in [0.25, 0.3) is 0 Å². The summed E-state index contributed by atoms with van der Waals surface area (Å²) >= 11 is 0. The molecule has 1 aromatic rings. The SMILES string of the molecule is Cc1[nH]ccc1N(C)C. The highest BCUT2D eigenvalue weighted by atomic mass is 15.1. The monoisotopic (exact) mass is 124 g/mol. The molecule has 0 aliphatic heterocycles. The van der Waals surface area contributed by atoms with Gasteiger partial charge in [-0.3, -0.25) is 0 Å². The Morgan fingerprint density at radius 2 is 2.11 bits per heavy atom. The molecule has 2 nitrogen and oxygen atoms in total. The first kappa shape index (κ1) is 6.20. The topological polar surface area (TPSA) is 19.0 Å². The molecule has 1 N–H and O–H groups in total. The van der Waals surface area contributed by atoms with E-state index in [9.17, 15) is 0 Å². The zero-order valence-electron chi connectivity index (χ0n) is 6.10. The summed E-state index contributed by atoms with van der Waals surface area (Å²) in [5.74, 6) is 0. The summed E-state index contributed by atoms with van der Waals surface area (Å²) in [6.07, 6.45) is 1.95. The van der Waals surface area contributed by atoms with Gasteiger partial charge in [0.05, 0.1) is 5.69 Å². The standard InChI is InChI=1S/C7H12N2/c1-6-7(9(2)3)4-5-8-6/h4-5,8H,1-3H3. The normalized spacial score (nSPS) is 9.67. The van der Waals surface area contributed by atoms with E-state index in [2.05, 4.69) is 22.9 Å². The molecule has 0 aromatic carbocycles. The molecular formula is C7H12N2. The minimum atomic E-state index is 1.22. The Kier molecular flexibility index (Phi) is 1.47. The molecule has 0 radical (unpaired) electrons. The summed E-state index contributed by atoms with van der Waals surface area (Å²) in [5.41, 5.74) is 2.48. The molecule has 0 fully saturated rings. The van der Waals surface area contributed by atoms with Crippen molar-refractivity contribution >= 4 is 5.69 Å². The van der Waals surface area contributed by atoms with Crippen LogP contribution in [0.4, 0.5) is 5.69 Å². The number of H-pyrrole nitrogens is 1. The molecule has 0 spiro atoms. The Balaban J connectivity index is 2.94. The van der Waals surface area contributed by atoms with Crippen LogP contribution in [0.1, 0.15) is 5.69 Å². The summed E-state index contributed by atoms with van der Waals surface area (Å²) in [5, 5.41) is 0. The molecule has 0 aliphatic carbocycles. The Bertz CT molecular complexity index is 189. The van der Waals surface area contributed by atoms with Crippen LogP contribution in [0.15, 0.2) is 12.3 Å². The summed E-state index contributed by atoms with van der Waals surface area (Å²) < 4.78 is 0. The fourth-order valence-electron chi connectivity index (χ4n) is 0.929. The predicted octanol–water partition coefficient (Wildman–Crippen LogP) is 1.39. The minimum absolute atomic E-state index is 1.22. The third kappa shape index (κ3) is 1.07. The van der Waals surface area contributed by atoms with Crippen LogP contribution in [0.5, 0.6) is 0 Å². The van der Waals surface area contributed by atoms with E-state index < -0.39 is 0 Å². The van der Waals surface area contributed by atoms with Crippen molar-refractivity contribution in [3.63, 3.8) is 0 Å². The van der Waals surface area contributed by atoms with E-state index in [1.807, 2.05) is 20.3 Å². The van der Waals surface area contributed by atoms with Crippen LogP contribution in [0, 0.1) is 6.92 Å². The number of aromatic nitrogens is 1. The number of nitrogens with zero attached hydrogens (tertiary/aromatic N) is 1. The number of aryl methyl sites for hydroxylation is 1. The van der Waals surface area contributed by atoms with Crippen molar-refractivity contribution in [2.24, 2.45) is 0 Å². The van der Waals surface area contributed by atoms with Gasteiger partial charge in [0, 0.05) is 26.0 Å². The number of hydrogen-bond donors (Lipinski definition) is 1. The Morgan fingerprint density at radius 3 is 2.33 bits per heavy atom. The molecular weight excluding hydrogens is 112 g/mol. The molecule has 1 rings (SSSR count). The maximum Gasteiger partial charge on any atom is 0.0568 e. The van der Waals surface area contributed by atoms with Crippen molar-refractivity contribution in [2.75, 3.05) is 19.0 Å². The highest BCUT2D eigenvalue weighted by molar-refractivity contribution is 5.48.